The summed E-state index contributed by atoms with van der Waals surface area (Å²) in [5.74, 6) is -0.632. The molecule has 0 radical (unpaired) electrons. The number of aromatic hydroxyl groups is 1. The van der Waals surface area contributed by atoms with Crippen LogP contribution >= 0.6 is 23.2 Å². The van der Waals surface area contributed by atoms with E-state index < -0.39 is 36.0 Å². The maximum Gasteiger partial charge on any atom is 0.326 e. The van der Waals surface area contributed by atoms with Crippen LogP contribution in [0.2, 0.25) is 10.0 Å². The monoisotopic (exact) mass is 857 g/mol. The van der Waals surface area contributed by atoms with E-state index in [0.29, 0.717) is 33.9 Å². The average Bonchev–Trinajstić information content (AvgIpc) is 3.26. The van der Waals surface area contributed by atoms with E-state index in [1.54, 1.807) is 18.3 Å². The van der Waals surface area contributed by atoms with Crippen LogP contribution in [0, 0.1) is 13.8 Å². The van der Waals surface area contributed by atoms with E-state index in [9.17, 15) is 24.6 Å². The van der Waals surface area contributed by atoms with Gasteiger partial charge in [-0.05, 0) is 125 Å². The number of phenolic OH excluding ortho intramolecular Hbond substituents is 1. The molecule has 1 aromatic heterocycles. The summed E-state index contributed by atoms with van der Waals surface area (Å²) in [7, 11) is 0. The number of nitrogens with zero attached hydrogens (tertiary/aromatic N) is 2. The van der Waals surface area contributed by atoms with Crippen molar-refractivity contribution in [3.63, 3.8) is 0 Å². The lowest BCUT2D eigenvalue weighted by Gasteiger charge is -2.37. The molecule has 310 valence electrons. The zero-order chi connectivity index (χ0) is 42.8. The smallest absolute Gasteiger partial charge is 0.326 e. The van der Waals surface area contributed by atoms with Crippen LogP contribution in [0.15, 0.2) is 115 Å². The number of benzene rings is 5. The Labute approximate surface area is 362 Å². The minimum atomic E-state index is -1.27. The molecule has 6 aromatic rings. The molecule has 0 aliphatic carbocycles. The highest BCUT2D eigenvalue weighted by Crippen LogP contribution is 2.41. The lowest BCUT2D eigenvalue weighted by molar-refractivity contribution is -0.142. The number of halogens is 2. The number of aryl methyl sites for hydroxylation is 1. The van der Waals surface area contributed by atoms with Crippen LogP contribution in [-0.4, -0.2) is 56.6 Å². The Balaban J connectivity index is 0.989. The lowest BCUT2D eigenvalue weighted by atomic mass is 9.91. The van der Waals surface area contributed by atoms with Gasteiger partial charge in [0.1, 0.15) is 36.8 Å². The van der Waals surface area contributed by atoms with Gasteiger partial charge in [0.05, 0.1) is 10.0 Å². The quantitative estimate of drug-likeness (QED) is 0.116. The van der Waals surface area contributed by atoms with Crippen molar-refractivity contribution in [3.8, 4) is 34.1 Å². The Morgan fingerprint density at radius 2 is 1.59 bits per heavy atom. The van der Waals surface area contributed by atoms with Crippen molar-refractivity contribution in [1.82, 2.24) is 15.2 Å². The van der Waals surface area contributed by atoms with Crippen molar-refractivity contribution in [2.45, 2.75) is 58.0 Å². The fraction of sp³-hybridized carbons (Fsp3) is 0.208. The number of fused-ring (bicyclic) bond motifs is 2. The predicted molar refractivity (Wildman–Crippen MR) is 230 cm³/mol. The molecule has 8 rings (SSSR count). The van der Waals surface area contributed by atoms with Crippen molar-refractivity contribution >= 4 is 41.0 Å². The van der Waals surface area contributed by atoms with Crippen molar-refractivity contribution in [3.05, 3.63) is 170 Å². The van der Waals surface area contributed by atoms with Gasteiger partial charge in [-0.25, -0.2) is 4.79 Å². The second kappa shape index (κ2) is 17.6. The largest absolute Gasteiger partial charge is 0.508 e. The van der Waals surface area contributed by atoms with Gasteiger partial charge in [0.15, 0.2) is 17.6 Å². The summed E-state index contributed by atoms with van der Waals surface area (Å²) in [5.41, 5.74) is 8.23. The maximum absolute atomic E-state index is 14.2. The zero-order valence-corrected chi connectivity index (χ0v) is 34.7. The number of rotatable bonds is 11. The Morgan fingerprint density at radius 3 is 2.31 bits per heavy atom. The molecule has 3 atom stereocenters. The molecule has 0 saturated carbocycles. The summed E-state index contributed by atoms with van der Waals surface area (Å²) in [6.07, 6.45) is 1.45. The first-order chi connectivity index (χ1) is 29.4. The Hall–Kier alpha value is -6.56. The van der Waals surface area contributed by atoms with Gasteiger partial charge in [-0.2, -0.15) is 0 Å². The summed E-state index contributed by atoms with van der Waals surface area (Å²) in [5, 5.41) is 23.9. The molecular formula is C48H41Cl2N3O8. The minimum Gasteiger partial charge on any atom is -0.508 e. The molecule has 3 N–H and O–H groups in total. The van der Waals surface area contributed by atoms with Gasteiger partial charge in [-0.1, -0.05) is 65.7 Å². The number of phenols is 1. The molecular weight excluding hydrogens is 817 g/mol. The number of carboxylic acids is 1. The first kappa shape index (κ1) is 41.2. The number of nitrogens with one attached hydrogen (secondary N) is 1. The van der Waals surface area contributed by atoms with Gasteiger partial charge in [-0.15, -0.1) is 0 Å². The highest BCUT2D eigenvalue weighted by Gasteiger charge is 2.38. The number of ether oxygens (including phenoxy) is 3. The third-order valence-electron chi connectivity index (χ3n) is 11.2. The van der Waals surface area contributed by atoms with Crippen molar-refractivity contribution in [2.75, 3.05) is 6.61 Å². The number of aromatic nitrogens is 1. The predicted octanol–water partition coefficient (Wildman–Crippen LogP) is 8.85. The summed E-state index contributed by atoms with van der Waals surface area (Å²) in [4.78, 5) is 46.7. The van der Waals surface area contributed by atoms with Gasteiger partial charge in [0.2, 0.25) is 5.91 Å². The number of carbonyl (C=O) groups is 3. The van der Waals surface area contributed by atoms with Gasteiger partial charge in [0, 0.05) is 36.8 Å². The number of carbonyl (C=O) groups excluding carboxylic acids is 2. The summed E-state index contributed by atoms with van der Waals surface area (Å²) in [6, 6.07) is 29.5. The fourth-order valence-electron chi connectivity index (χ4n) is 7.58. The van der Waals surface area contributed by atoms with E-state index in [1.165, 1.54) is 29.2 Å². The number of hydrogen-bond acceptors (Lipinski definition) is 8. The standard InChI is InChI=1S/C48H41Cl2N3O8/c1-27-28(2)51-18-17-38(27)31-6-3-29(4-7-31)20-41(48(57)58)52-46(55)42-21-34-22-43-44(23-35(34)24-53(42)47(56)33-8-12-36(54)13-9-33)61-45(26-60-43)32-10-14-37(15-11-32)59-25-30-5-16-39(49)40(50)19-30/h3-19,22-23,41-42,45,54H,20-21,24-26H2,1-2H3,(H,52,55)(H,57,58)/t41-,42-,45+/m0/s1. The molecule has 11 nitrogen and oxygen atoms in total. The number of amides is 2. The average molecular weight is 859 g/mol. The second-order valence-electron chi connectivity index (χ2n) is 15.2. The van der Waals surface area contributed by atoms with Gasteiger partial charge >= 0.3 is 5.97 Å². The van der Waals surface area contributed by atoms with E-state index in [4.69, 9.17) is 37.4 Å². The molecule has 0 unspecified atom stereocenters. The first-order valence-corrected chi connectivity index (χ1v) is 20.4. The van der Waals surface area contributed by atoms with Gasteiger partial charge < -0.3 is 34.6 Å². The topological polar surface area (TPSA) is 148 Å². The molecule has 2 aliphatic rings. The highest BCUT2D eigenvalue weighted by atomic mass is 35.5. The minimum absolute atomic E-state index is 0.0120. The molecule has 0 bridgehead atoms. The van der Waals surface area contributed by atoms with E-state index in [0.717, 1.165) is 50.2 Å². The van der Waals surface area contributed by atoms with E-state index in [2.05, 4.69) is 10.3 Å². The maximum atomic E-state index is 14.2. The van der Waals surface area contributed by atoms with Crippen LogP contribution in [0.5, 0.6) is 23.0 Å². The lowest BCUT2D eigenvalue weighted by Crippen LogP contribution is -2.56. The van der Waals surface area contributed by atoms with Gasteiger partial charge in [-0.3, -0.25) is 14.6 Å². The molecule has 61 heavy (non-hydrogen) atoms. The SMILES string of the molecule is Cc1nccc(-c2ccc(C[C@H](NC(=O)[C@@H]3Cc4cc5c(cc4CN3C(=O)c3ccc(O)cc3)O[C@@H](c3ccc(OCc4ccc(Cl)c(Cl)c4)cc3)CO5)C(=O)O)cc2)c1C. The molecule has 0 saturated heterocycles. The summed E-state index contributed by atoms with van der Waals surface area (Å²) < 4.78 is 18.6. The number of aliphatic carboxylic acids is 1. The highest BCUT2D eigenvalue weighted by molar-refractivity contribution is 6.42. The molecule has 0 fully saturated rings. The molecule has 5 aromatic carbocycles. The van der Waals surface area contributed by atoms with E-state index in [-0.39, 0.29) is 37.3 Å². The van der Waals surface area contributed by atoms with Crippen LogP contribution in [0.3, 0.4) is 0 Å². The molecule has 2 aliphatic heterocycles. The van der Waals surface area contributed by atoms with Crippen LogP contribution in [0.25, 0.3) is 11.1 Å². The Bertz CT molecular complexity index is 2620. The Kier molecular flexibility index (Phi) is 11.9. The van der Waals surface area contributed by atoms with Crippen molar-refractivity contribution in [2.24, 2.45) is 0 Å². The third kappa shape index (κ3) is 9.13. The Morgan fingerprint density at radius 1 is 0.869 bits per heavy atom. The van der Waals surface area contributed by atoms with Crippen LogP contribution in [-0.2, 0) is 35.6 Å². The molecule has 3 heterocycles. The van der Waals surface area contributed by atoms with E-state index >= 15 is 0 Å². The summed E-state index contributed by atoms with van der Waals surface area (Å²) in [6.45, 7) is 4.53. The zero-order valence-electron chi connectivity index (χ0n) is 33.2. The summed E-state index contributed by atoms with van der Waals surface area (Å²) >= 11 is 12.2. The van der Waals surface area contributed by atoms with Crippen LogP contribution in [0.4, 0.5) is 0 Å². The van der Waals surface area contributed by atoms with Crippen molar-refractivity contribution < 1.29 is 38.8 Å². The van der Waals surface area contributed by atoms with Crippen molar-refractivity contribution in [1.29, 1.82) is 0 Å². The third-order valence-corrected chi connectivity index (χ3v) is 11.9. The molecule has 2 amide bonds. The normalized spacial score (nSPS) is 16.0. The van der Waals surface area contributed by atoms with E-state index in [1.807, 2.05) is 86.6 Å². The number of hydrogen-bond donors (Lipinski definition) is 3. The van der Waals surface area contributed by atoms with Crippen LogP contribution in [0.1, 0.15) is 55.5 Å². The number of carboxylic acid groups (broad SMARTS) is 1. The second-order valence-corrected chi connectivity index (χ2v) is 16.0. The van der Waals surface area contributed by atoms with Crippen LogP contribution < -0.4 is 19.5 Å². The van der Waals surface area contributed by atoms with Gasteiger partial charge in [0.25, 0.3) is 5.91 Å². The molecule has 0 spiro atoms. The fourth-order valence-corrected chi connectivity index (χ4v) is 7.91. The molecule has 13 heteroatoms. The first-order valence-electron chi connectivity index (χ1n) is 19.7. The number of pyridine rings is 1.